The second-order valence-corrected chi connectivity index (χ2v) is 2.86. The quantitative estimate of drug-likeness (QED) is 0.707. The van der Waals surface area contributed by atoms with Crippen LogP contribution in [0, 0.1) is 6.92 Å². The SMILES string of the molecule is COC(=O)C[C@@H](O)c1cncnc1C. The van der Waals surface area contributed by atoms with Crippen LogP contribution in [0.4, 0.5) is 0 Å². The zero-order valence-corrected chi connectivity index (χ0v) is 8.10. The molecule has 1 rings (SSSR count). The highest BCUT2D eigenvalue weighted by atomic mass is 16.5. The number of aliphatic hydroxyl groups excluding tert-OH is 1. The van der Waals surface area contributed by atoms with Crippen molar-refractivity contribution in [3.63, 3.8) is 0 Å². The van der Waals surface area contributed by atoms with Crippen LogP contribution in [0.3, 0.4) is 0 Å². The van der Waals surface area contributed by atoms with Gasteiger partial charge in [0.05, 0.1) is 19.6 Å². The van der Waals surface area contributed by atoms with Crippen molar-refractivity contribution in [1.29, 1.82) is 0 Å². The predicted molar refractivity (Wildman–Crippen MR) is 48.4 cm³/mol. The van der Waals surface area contributed by atoms with E-state index in [1.165, 1.54) is 19.6 Å². The van der Waals surface area contributed by atoms with Crippen molar-refractivity contribution in [3.8, 4) is 0 Å². The Bertz CT molecular complexity index is 328. The first-order valence-corrected chi connectivity index (χ1v) is 4.16. The fourth-order valence-electron chi connectivity index (χ4n) is 1.08. The Kier molecular flexibility index (Phi) is 3.53. The maximum Gasteiger partial charge on any atom is 0.308 e. The first kappa shape index (κ1) is 10.6. The number of aromatic nitrogens is 2. The van der Waals surface area contributed by atoms with E-state index in [-0.39, 0.29) is 6.42 Å². The van der Waals surface area contributed by atoms with Crippen LogP contribution in [0.25, 0.3) is 0 Å². The Labute approximate surface area is 81.8 Å². The zero-order chi connectivity index (χ0) is 10.6. The monoisotopic (exact) mass is 196 g/mol. The van der Waals surface area contributed by atoms with E-state index < -0.39 is 12.1 Å². The first-order chi connectivity index (χ1) is 6.65. The van der Waals surface area contributed by atoms with Gasteiger partial charge in [-0.25, -0.2) is 9.97 Å². The van der Waals surface area contributed by atoms with Gasteiger partial charge in [0.25, 0.3) is 0 Å². The average Bonchev–Trinajstić information content (AvgIpc) is 2.18. The smallest absolute Gasteiger partial charge is 0.308 e. The Morgan fingerprint density at radius 2 is 2.43 bits per heavy atom. The summed E-state index contributed by atoms with van der Waals surface area (Å²) >= 11 is 0. The Balaban J connectivity index is 2.74. The van der Waals surface area contributed by atoms with E-state index in [0.717, 1.165) is 0 Å². The van der Waals surface area contributed by atoms with Crippen molar-refractivity contribution < 1.29 is 14.6 Å². The number of hydrogen-bond donors (Lipinski definition) is 1. The highest BCUT2D eigenvalue weighted by Crippen LogP contribution is 2.17. The summed E-state index contributed by atoms with van der Waals surface area (Å²) in [6.07, 6.45) is 1.91. The van der Waals surface area contributed by atoms with E-state index in [1.807, 2.05) is 0 Å². The van der Waals surface area contributed by atoms with Crippen molar-refractivity contribution in [2.45, 2.75) is 19.4 Å². The van der Waals surface area contributed by atoms with E-state index in [2.05, 4.69) is 14.7 Å². The molecule has 0 radical (unpaired) electrons. The molecule has 0 fully saturated rings. The molecule has 5 heteroatoms. The van der Waals surface area contributed by atoms with Crippen LogP contribution in [0.5, 0.6) is 0 Å². The van der Waals surface area contributed by atoms with Crippen LogP contribution in [0.15, 0.2) is 12.5 Å². The van der Waals surface area contributed by atoms with Crippen molar-refractivity contribution in [2.24, 2.45) is 0 Å². The number of nitrogens with zero attached hydrogens (tertiary/aromatic N) is 2. The summed E-state index contributed by atoms with van der Waals surface area (Å²) in [5.74, 6) is -0.458. The second-order valence-electron chi connectivity index (χ2n) is 2.86. The number of ether oxygens (including phenoxy) is 1. The average molecular weight is 196 g/mol. The maximum atomic E-state index is 10.9. The summed E-state index contributed by atoms with van der Waals surface area (Å²) in [6, 6.07) is 0. The minimum absolute atomic E-state index is 0.0787. The molecule has 1 aromatic heterocycles. The molecule has 14 heavy (non-hydrogen) atoms. The van der Waals surface area contributed by atoms with E-state index in [9.17, 15) is 9.90 Å². The van der Waals surface area contributed by atoms with Crippen molar-refractivity contribution in [1.82, 2.24) is 9.97 Å². The summed E-state index contributed by atoms with van der Waals surface area (Å²) in [7, 11) is 1.28. The molecule has 0 saturated carbocycles. The van der Waals surface area contributed by atoms with Gasteiger partial charge in [-0.1, -0.05) is 0 Å². The third kappa shape index (κ3) is 2.50. The molecule has 0 saturated heterocycles. The van der Waals surface area contributed by atoms with Crippen LogP contribution in [-0.4, -0.2) is 28.2 Å². The zero-order valence-electron chi connectivity index (χ0n) is 8.10. The number of hydrogen-bond acceptors (Lipinski definition) is 5. The Hall–Kier alpha value is -1.49. The molecule has 76 valence electrons. The van der Waals surface area contributed by atoms with Gasteiger partial charge < -0.3 is 9.84 Å². The van der Waals surface area contributed by atoms with Gasteiger partial charge in [0.2, 0.25) is 0 Å². The van der Waals surface area contributed by atoms with Gasteiger partial charge in [-0.3, -0.25) is 4.79 Å². The van der Waals surface area contributed by atoms with E-state index in [1.54, 1.807) is 6.92 Å². The van der Waals surface area contributed by atoms with Crippen LogP contribution in [0.2, 0.25) is 0 Å². The molecule has 0 unspecified atom stereocenters. The van der Waals surface area contributed by atoms with E-state index >= 15 is 0 Å². The molecule has 1 atom stereocenters. The number of methoxy groups -OCH3 is 1. The molecule has 0 spiro atoms. The maximum absolute atomic E-state index is 10.9. The summed E-state index contributed by atoms with van der Waals surface area (Å²) in [4.78, 5) is 18.6. The number of rotatable bonds is 3. The Morgan fingerprint density at radius 3 is 3.00 bits per heavy atom. The number of aryl methyl sites for hydroxylation is 1. The molecule has 0 aliphatic carbocycles. The lowest BCUT2D eigenvalue weighted by molar-refractivity contribution is -0.142. The number of carbonyl (C=O) groups excluding carboxylic acids is 1. The predicted octanol–water partition coefficient (Wildman–Crippen LogP) is 0.382. The van der Waals surface area contributed by atoms with Gasteiger partial charge in [0.15, 0.2) is 0 Å². The normalized spacial score (nSPS) is 12.2. The molecule has 5 nitrogen and oxygen atoms in total. The molecule has 0 aliphatic heterocycles. The lowest BCUT2D eigenvalue weighted by Crippen LogP contribution is -2.10. The lowest BCUT2D eigenvalue weighted by Gasteiger charge is -2.10. The number of esters is 1. The molecule has 0 bridgehead atoms. The minimum Gasteiger partial charge on any atom is -0.469 e. The van der Waals surface area contributed by atoms with Gasteiger partial charge in [-0.05, 0) is 6.92 Å². The Morgan fingerprint density at radius 1 is 1.71 bits per heavy atom. The molecular formula is C9H12N2O3. The van der Waals surface area contributed by atoms with E-state index in [4.69, 9.17) is 0 Å². The lowest BCUT2D eigenvalue weighted by atomic mass is 10.1. The molecule has 0 aliphatic rings. The minimum atomic E-state index is -0.899. The number of aliphatic hydroxyl groups is 1. The van der Waals surface area contributed by atoms with Crippen molar-refractivity contribution in [3.05, 3.63) is 23.8 Å². The highest BCUT2D eigenvalue weighted by molar-refractivity contribution is 5.70. The molecule has 0 amide bonds. The van der Waals surface area contributed by atoms with Crippen LogP contribution in [0.1, 0.15) is 23.8 Å². The fraction of sp³-hybridized carbons (Fsp3) is 0.444. The van der Waals surface area contributed by atoms with Crippen molar-refractivity contribution >= 4 is 5.97 Å². The van der Waals surface area contributed by atoms with Gasteiger partial charge in [0, 0.05) is 17.5 Å². The topological polar surface area (TPSA) is 72.3 Å². The fourth-order valence-corrected chi connectivity index (χ4v) is 1.08. The largest absolute Gasteiger partial charge is 0.469 e. The number of carbonyl (C=O) groups is 1. The van der Waals surface area contributed by atoms with Gasteiger partial charge in [-0.2, -0.15) is 0 Å². The van der Waals surface area contributed by atoms with Gasteiger partial charge in [-0.15, -0.1) is 0 Å². The molecule has 1 aromatic rings. The third-order valence-corrected chi connectivity index (χ3v) is 1.90. The third-order valence-electron chi connectivity index (χ3n) is 1.90. The van der Waals surface area contributed by atoms with Crippen molar-refractivity contribution in [2.75, 3.05) is 7.11 Å². The summed E-state index contributed by atoms with van der Waals surface area (Å²) in [5.41, 5.74) is 1.22. The molecular weight excluding hydrogens is 184 g/mol. The van der Waals surface area contributed by atoms with Crippen LogP contribution < -0.4 is 0 Å². The second kappa shape index (κ2) is 4.66. The highest BCUT2D eigenvalue weighted by Gasteiger charge is 2.15. The molecule has 1 N–H and O–H groups in total. The standard InChI is InChI=1S/C9H12N2O3/c1-6-7(4-10-5-11-6)8(12)3-9(13)14-2/h4-5,8,12H,3H2,1-2H3/t8-/m1/s1. The van der Waals surface area contributed by atoms with Gasteiger partial charge in [0.1, 0.15) is 6.33 Å². The van der Waals surface area contributed by atoms with E-state index in [0.29, 0.717) is 11.3 Å². The first-order valence-electron chi connectivity index (χ1n) is 4.16. The van der Waals surface area contributed by atoms with Crippen LogP contribution >= 0.6 is 0 Å². The summed E-state index contributed by atoms with van der Waals surface area (Å²) in [5, 5.41) is 9.62. The summed E-state index contributed by atoms with van der Waals surface area (Å²) < 4.78 is 4.44. The van der Waals surface area contributed by atoms with Crippen LogP contribution in [-0.2, 0) is 9.53 Å². The molecule has 1 heterocycles. The molecule has 0 aromatic carbocycles. The summed E-state index contributed by atoms with van der Waals surface area (Å²) in [6.45, 7) is 1.75. The van der Waals surface area contributed by atoms with Gasteiger partial charge >= 0.3 is 5.97 Å².